The number of carbonyl (C=O) groups is 1. The summed E-state index contributed by atoms with van der Waals surface area (Å²) in [7, 11) is 1.59. The average Bonchev–Trinajstić information content (AvgIpc) is 3.16. The molecule has 2 aromatic carbocycles. The Morgan fingerprint density at radius 3 is 2.62 bits per heavy atom. The predicted octanol–water partition coefficient (Wildman–Crippen LogP) is 1.76. The number of amides is 1. The molecule has 0 spiro atoms. The molecule has 0 aliphatic carbocycles. The molecule has 0 radical (unpaired) electrons. The maximum absolute atomic E-state index is 12.1. The van der Waals surface area contributed by atoms with Gasteiger partial charge in [-0.2, -0.15) is 5.10 Å². The van der Waals surface area contributed by atoms with E-state index in [0.717, 1.165) is 23.1 Å². The van der Waals surface area contributed by atoms with E-state index in [2.05, 4.69) is 26.0 Å². The lowest BCUT2D eigenvalue weighted by Crippen LogP contribution is -2.25. The highest BCUT2D eigenvalue weighted by atomic mass is 32.2. The number of rotatable bonds is 10. The molecule has 3 rings (SSSR count). The highest BCUT2D eigenvalue weighted by molar-refractivity contribution is 7.99. The number of aromatic nitrogens is 3. The number of nitrogens with one attached hydrogen (secondary N) is 2. The minimum Gasteiger partial charge on any atom is -0.497 e. The molecular formula is C19H20N8O4S. The second kappa shape index (κ2) is 10.8. The van der Waals surface area contributed by atoms with Gasteiger partial charge in [0.15, 0.2) is 0 Å². The third-order valence-electron chi connectivity index (χ3n) is 4.13. The Hall–Kier alpha value is -4.13. The van der Waals surface area contributed by atoms with Gasteiger partial charge in [-0.3, -0.25) is 14.9 Å². The van der Waals surface area contributed by atoms with Crippen LogP contribution in [-0.2, 0) is 11.3 Å². The van der Waals surface area contributed by atoms with Gasteiger partial charge in [0.2, 0.25) is 11.1 Å². The van der Waals surface area contributed by atoms with Gasteiger partial charge < -0.3 is 15.9 Å². The number of nitrogen functional groups attached to an aromatic ring is 1. The SMILES string of the molecule is COc1ccc(CNC(=O)CSc2nnc(N/N=C/c3ccc([N+](=O)[O-])cc3)n2N)cc1. The number of nitrogens with two attached hydrogens (primary N) is 1. The van der Waals surface area contributed by atoms with E-state index < -0.39 is 4.92 Å². The number of hydrazone groups is 1. The lowest BCUT2D eigenvalue weighted by atomic mass is 10.2. The van der Waals surface area contributed by atoms with Crippen LogP contribution in [0, 0.1) is 10.1 Å². The molecule has 12 nitrogen and oxygen atoms in total. The molecule has 166 valence electrons. The second-order valence-corrected chi connectivity index (χ2v) is 7.25. The molecule has 4 N–H and O–H groups in total. The number of methoxy groups -OCH3 is 1. The molecular weight excluding hydrogens is 436 g/mol. The van der Waals surface area contributed by atoms with Gasteiger partial charge in [0, 0.05) is 18.7 Å². The average molecular weight is 456 g/mol. The number of anilines is 1. The van der Waals surface area contributed by atoms with Crippen LogP contribution in [0.5, 0.6) is 5.75 Å². The molecule has 1 amide bonds. The highest BCUT2D eigenvalue weighted by Gasteiger charge is 2.12. The van der Waals surface area contributed by atoms with Crippen molar-refractivity contribution in [2.45, 2.75) is 11.7 Å². The number of nitrogens with zero attached hydrogens (tertiary/aromatic N) is 5. The number of benzene rings is 2. The van der Waals surface area contributed by atoms with Crippen LogP contribution in [-0.4, -0.2) is 44.8 Å². The fourth-order valence-electron chi connectivity index (χ4n) is 2.42. The van der Waals surface area contributed by atoms with E-state index in [9.17, 15) is 14.9 Å². The fraction of sp³-hybridized carbons (Fsp3) is 0.158. The summed E-state index contributed by atoms with van der Waals surface area (Å²) in [5.41, 5.74) is 4.23. The highest BCUT2D eigenvalue weighted by Crippen LogP contribution is 2.17. The van der Waals surface area contributed by atoms with Crippen LogP contribution in [0.3, 0.4) is 0 Å². The van der Waals surface area contributed by atoms with E-state index in [1.54, 1.807) is 19.2 Å². The zero-order valence-corrected chi connectivity index (χ0v) is 17.8. The lowest BCUT2D eigenvalue weighted by Gasteiger charge is -2.06. The smallest absolute Gasteiger partial charge is 0.269 e. The largest absolute Gasteiger partial charge is 0.497 e. The van der Waals surface area contributed by atoms with Crippen molar-refractivity contribution in [3.8, 4) is 5.75 Å². The van der Waals surface area contributed by atoms with Crippen LogP contribution in [0.2, 0.25) is 0 Å². The molecule has 0 saturated carbocycles. The summed E-state index contributed by atoms with van der Waals surface area (Å²) < 4.78 is 6.28. The number of carbonyl (C=O) groups excluding carboxylic acids is 1. The molecule has 0 fully saturated rings. The van der Waals surface area contributed by atoms with Gasteiger partial charge in [0.25, 0.3) is 11.6 Å². The monoisotopic (exact) mass is 456 g/mol. The van der Waals surface area contributed by atoms with Crippen LogP contribution < -0.4 is 21.3 Å². The predicted molar refractivity (Wildman–Crippen MR) is 120 cm³/mol. The number of ether oxygens (including phenoxy) is 1. The van der Waals surface area contributed by atoms with Crippen LogP contribution in [0.15, 0.2) is 58.8 Å². The number of nitro benzene ring substituents is 1. The molecule has 13 heteroatoms. The van der Waals surface area contributed by atoms with Crippen LogP contribution in [0.25, 0.3) is 0 Å². The summed E-state index contributed by atoms with van der Waals surface area (Å²) in [6.07, 6.45) is 1.46. The lowest BCUT2D eigenvalue weighted by molar-refractivity contribution is -0.384. The van der Waals surface area contributed by atoms with E-state index in [0.29, 0.717) is 17.3 Å². The topological polar surface area (TPSA) is 163 Å². The van der Waals surface area contributed by atoms with Gasteiger partial charge >= 0.3 is 0 Å². The molecule has 32 heavy (non-hydrogen) atoms. The Bertz CT molecular complexity index is 1100. The molecule has 0 bridgehead atoms. The Labute approximate surface area is 187 Å². The van der Waals surface area contributed by atoms with E-state index in [-0.39, 0.29) is 23.3 Å². The van der Waals surface area contributed by atoms with Crippen LogP contribution >= 0.6 is 11.8 Å². The molecule has 1 heterocycles. The van der Waals surface area contributed by atoms with Crippen molar-refractivity contribution in [1.29, 1.82) is 0 Å². The molecule has 0 aliphatic heterocycles. The van der Waals surface area contributed by atoms with Gasteiger partial charge in [-0.05, 0) is 35.4 Å². The summed E-state index contributed by atoms with van der Waals surface area (Å²) in [5, 5.41) is 25.6. The minimum absolute atomic E-state index is 0.00786. The molecule has 0 unspecified atom stereocenters. The van der Waals surface area contributed by atoms with Crippen molar-refractivity contribution in [3.63, 3.8) is 0 Å². The Kier molecular flexibility index (Phi) is 7.59. The number of hydrogen-bond donors (Lipinski definition) is 3. The van der Waals surface area contributed by atoms with Gasteiger partial charge in [0.1, 0.15) is 5.75 Å². The normalized spacial score (nSPS) is 10.8. The maximum atomic E-state index is 12.1. The van der Waals surface area contributed by atoms with E-state index in [4.69, 9.17) is 10.6 Å². The molecule has 1 aromatic heterocycles. The summed E-state index contributed by atoms with van der Waals surface area (Å²) in [4.78, 5) is 22.3. The van der Waals surface area contributed by atoms with Crippen molar-refractivity contribution in [2.75, 3.05) is 24.1 Å². The minimum atomic E-state index is -0.478. The van der Waals surface area contributed by atoms with Crippen molar-refractivity contribution in [1.82, 2.24) is 20.2 Å². The Morgan fingerprint density at radius 1 is 1.25 bits per heavy atom. The number of thioether (sulfide) groups is 1. The van der Waals surface area contributed by atoms with Crippen molar-refractivity contribution in [3.05, 3.63) is 69.8 Å². The first kappa shape index (κ1) is 22.6. The molecule has 0 atom stereocenters. The van der Waals surface area contributed by atoms with E-state index >= 15 is 0 Å². The number of non-ortho nitro benzene ring substituents is 1. The van der Waals surface area contributed by atoms with Gasteiger partial charge in [-0.25, -0.2) is 10.1 Å². The maximum Gasteiger partial charge on any atom is 0.269 e. The molecule has 0 aliphatic rings. The quantitative estimate of drug-likeness (QED) is 0.136. The third-order valence-corrected chi connectivity index (χ3v) is 5.07. The number of hydrogen-bond acceptors (Lipinski definition) is 10. The standard InChI is InChI=1S/C19H20N8O4S/c1-31-16-8-4-13(5-9-16)10-21-17(28)12-32-19-25-24-18(26(19)20)23-22-11-14-2-6-15(7-3-14)27(29)30/h2-9,11H,10,12,20H2,1H3,(H,21,28)(H,23,24)/b22-11+. The summed E-state index contributed by atoms with van der Waals surface area (Å²) in [6.45, 7) is 0.392. The first-order valence-corrected chi connectivity index (χ1v) is 10.2. The Morgan fingerprint density at radius 2 is 1.97 bits per heavy atom. The third kappa shape index (κ3) is 6.18. The fourth-order valence-corrected chi connectivity index (χ4v) is 3.11. The zero-order valence-electron chi connectivity index (χ0n) is 17.0. The first-order chi connectivity index (χ1) is 15.5. The van der Waals surface area contributed by atoms with Gasteiger partial charge in [-0.1, -0.05) is 23.9 Å². The summed E-state index contributed by atoms with van der Waals surface area (Å²) >= 11 is 1.13. The molecule has 3 aromatic rings. The van der Waals surface area contributed by atoms with Gasteiger partial charge in [-0.15, -0.1) is 10.2 Å². The number of nitro groups is 1. The molecule has 0 saturated heterocycles. The van der Waals surface area contributed by atoms with E-state index in [1.165, 1.54) is 23.0 Å². The second-order valence-electron chi connectivity index (χ2n) is 6.31. The van der Waals surface area contributed by atoms with Crippen LogP contribution in [0.1, 0.15) is 11.1 Å². The zero-order chi connectivity index (χ0) is 22.9. The van der Waals surface area contributed by atoms with E-state index in [1.807, 2.05) is 24.3 Å². The van der Waals surface area contributed by atoms with Crippen LogP contribution in [0.4, 0.5) is 11.6 Å². The van der Waals surface area contributed by atoms with Crippen molar-refractivity contribution in [2.24, 2.45) is 5.10 Å². The van der Waals surface area contributed by atoms with Gasteiger partial charge in [0.05, 0.1) is 24.0 Å². The first-order valence-electron chi connectivity index (χ1n) is 9.22. The summed E-state index contributed by atoms with van der Waals surface area (Å²) in [5.74, 6) is 6.78. The van der Waals surface area contributed by atoms with Crippen molar-refractivity contribution < 1.29 is 14.5 Å². The van der Waals surface area contributed by atoms with Crippen molar-refractivity contribution >= 4 is 35.5 Å². The Balaban J connectivity index is 1.46. The summed E-state index contributed by atoms with van der Waals surface area (Å²) in [6, 6.07) is 13.3.